The van der Waals surface area contributed by atoms with Crippen LogP contribution in [0.15, 0.2) is 29.2 Å². The maximum Gasteiger partial charge on any atom is 0.0496 e. The molecule has 1 aromatic carbocycles. The highest BCUT2D eigenvalue weighted by molar-refractivity contribution is 8.23. The van der Waals surface area contributed by atoms with Crippen molar-refractivity contribution in [2.45, 2.75) is 11.8 Å². The Kier molecular flexibility index (Phi) is 3.44. The summed E-state index contributed by atoms with van der Waals surface area (Å²) in [6.07, 6.45) is 1.35. The molecule has 0 spiro atoms. The van der Waals surface area contributed by atoms with Gasteiger partial charge in [-0.3, -0.25) is 0 Å². The van der Waals surface area contributed by atoms with Gasteiger partial charge in [0.25, 0.3) is 0 Å². The lowest BCUT2D eigenvalue weighted by Gasteiger charge is -2.01. The largest absolute Gasteiger partial charge is 0.308 e. The lowest BCUT2D eigenvalue weighted by molar-refractivity contribution is 1.42. The summed E-state index contributed by atoms with van der Waals surface area (Å²) >= 11 is 6.50. The van der Waals surface area contributed by atoms with Crippen LogP contribution in [0, 0.1) is 5.41 Å². The Morgan fingerprint density at radius 1 is 1.50 bits per heavy atom. The molecule has 1 aromatic rings. The Bertz CT molecular complexity index is 307. The van der Waals surface area contributed by atoms with Gasteiger partial charge in [0.2, 0.25) is 0 Å². The number of thiocarbonyl (C=S) groups is 1. The van der Waals surface area contributed by atoms with Crippen LogP contribution in [-0.2, 0) is 0 Å². The van der Waals surface area contributed by atoms with Crippen molar-refractivity contribution in [3.63, 3.8) is 0 Å². The smallest absolute Gasteiger partial charge is 0.0496 e. The van der Waals surface area contributed by atoms with Crippen LogP contribution in [0.4, 0.5) is 0 Å². The van der Waals surface area contributed by atoms with Crippen molar-refractivity contribution < 1.29 is 0 Å². The monoisotopic (exact) mass is 195 g/mol. The molecule has 0 bridgehead atoms. The van der Waals surface area contributed by atoms with Crippen LogP contribution >= 0.6 is 24.0 Å². The highest BCUT2D eigenvalue weighted by Gasteiger charge is 1.99. The van der Waals surface area contributed by atoms with Crippen molar-refractivity contribution in [1.29, 1.82) is 5.41 Å². The standard InChI is InChI=1S/C9H9NS2/c1-7(11)12-9-5-3-2-4-8(9)6-10/h2-6,10H,1H3. The summed E-state index contributed by atoms with van der Waals surface area (Å²) in [5.74, 6) is 0. The van der Waals surface area contributed by atoms with E-state index in [1.165, 1.54) is 18.0 Å². The van der Waals surface area contributed by atoms with Crippen LogP contribution in [-0.4, -0.2) is 10.4 Å². The van der Waals surface area contributed by atoms with Gasteiger partial charge in [-0.05, 0) is 13.0 Å². The molecule has 0 amide bonds. The number of hydrogen-bond donors (Lipinski definition) is 1. The third kappa shape index (κ3) is 2.43. The van der Waals surface area contributed by atoms with Crippen molar-refractivity contribution in [2.75, 3.05) is 0 Å². The van der Waals surface area contributed by atoms with Crippen LogP contribution in [0.5, 0.6) is 0 Å². The fourth-order valence-corrected chi connectivity index (χ4v) is 1.82. The number of rotatable bonds is 2. The maximum atomic E-state index is 7.15. The SMILES string of the molecule is CC(=S)Sc1ccccc1C=N. The first kappa shape index (κ1) is 9.42. The van der Waals surface area contributed by atoms with Crippen LogP contribution < -0.4 is 0 Å². The van der Waals surface area contributed by atoms with Gasteiger partial charge in [0.15, 0.2) is 0 Å². The molecule has 0 heterocycles. The van der Waals surface area contributed by atoms with Crippen LogP contribution in [0.2, 0.25) is 0 Å². The average molecular weight is 195 g/mol. The molecule has 0 fully saturated rings. The van der Waals surface area contributed by atoms with Crippen molar-refractivity contribution in [1.82, 2.24) is 0 Å². The van der Waals surface area contributed by atoms with Crippen molar-refractivity contribution in [3.8, 4) is 0 Å². The molecule has 0 unspecified atom stereocenters. The van der Waals surface area contributed by atoms with Gasteiger partial charge in [0.05, 0.1) is 0 Å². The first-order valence-corrected chi connectivity index (χ1v) is 4.74. The quantitative estimate of drug-likeness (QED) is 0.445. The lowest BCUT2D eigenvalue weighted by Crippen LogP contribution is -1.86. The Hall–Kier alpha value is -0.670. The Balaban J connectivity index is 2.96. The average Bonchev–Trinajstić information content (AvgIpc) is 2.04. The molecule has 0 aliphatic carbocycles. The predicted molar refractivity (Wildman–Crippen MR) is 58.5 cm³/mol. The van der Waals surface area contributed by atoms with Gasteiger partial charge in [-0.1, -0.05) is 42.2 Å². The first-order valence-electron chi connectivity index (χ1n) is 3.52. The number of hydrogen-bond acceptors (Lipinski definition) is 3. The zero-order valence-corrected chi connectivity index (χ0v) is 8.34. The molecule has 0 aromatic heterocycles. The third-order valence-electron chi connectivity index (χ3n) is 1.33. The molecule has 0 aliphatic heterocycles. The van der Waals surface area contributed by atoms with Gasteiger partial charge < -0.3 is 5.41 Å². The minimum atomic E-state index is 0.879. The summed E-state index contributed by atoms with van der Waals surface area (Å²) < 4.78 is 0.879. The summed E-state index contributed by atoms with van der Waals surface area (Å²) in [7, 11) is 0. The van der Waals surface area contributed by atoms with Gasteiger partial charge in [-0.2, -0.15) is 0 Å². The Morgan fingerprint density at radius 2 is 2.17 bits per heavy atom. The molecule has 12 heavy (non-hydrogen) atoms. The van der Waals surface area contributed by atoms with Crippen LogP contribution in [0.3, 0.4) is 0 Å². The zero-order valence-electron chi connectivity index (χ0n) is 6.70. The normalized spacial score (nSPS) is 9.42. The highest BCUT2D eigenvalue weighted by atomic mass is 32.2. The minimum absolute atomic E-state index is 0.879. The topological polar surface area (TPSA) is 23.9 Å². The molecule has 1 N–H and O–H groups in total. The highest BCUT2D eigenvalue weighted by Crippen LogP contribution is 2.22. The van der Waals surface area contributed by atoms with E-state index >= 15 is 0 Å². The van der Waals surface area contributed by atoms with Gasteiger partial charge >= 0.3 is 0 Å². The molecule has 62 valence electrons. The van der Waals surface area contributed by atoms with E-state index < -0.39 is 0 Å². The summed E-state index contributed by atoms with van der Waals surface area (Å²) in [5.41, 5.74) is 0.923. The van der Waals surface area contributed by atoms with E-state index in [2.05, 4.69) is 0 Å². The molecule has 3 heteroatoms. The van der Waals surface area contributed by atoms with Crippen LogP contribution in [0.1, 0.15) is 12.5 Å². The molecule has 0 saturated carbocycles. The third-order valence-corrected chi connectivity index (χ3v) is 2.46. The minimum Gasteiger partial charge on any atom is -0.308 e. The molecule has 0 aliphatic rings. The Morgan fingerprint density at radius 3 is 2.75 bits per heavy atom. The van der Waals surface area contributed by atoms with E-state index in [1.54, 1.807) is 0 Å². The van der Waals surface area contributed by atoms with E-state index in [0.717, 1.165) is 14.7 Å². The van der Waals surface area contributed by atoms with E-state index in [9.17, 15) is 0 Å². The maximum absolute atomic E-state index is 7.15. The lowest BCUT2D eigenvalue weighted by atomic mass is 10.2. The zero-order chi connectivity index (χ0) is 8.97. The second kappa shape index (κ2) is 4.38. The molecule has 0 atom stereocenters. The molecule has 0 saturated heterocycles. The second-order valence-corrected chi connectivity index (χ2v) is 4.40. The van der Waals surface area contributed by atoms with E-state index in [4.69, 9.17) is 17.6 Å². The summed E-state index contributed by atoms with van der Waals surface area (Å²) in [6, 6.07) is 7.76. The van der Waals surface area contributed by atoms with Crippen molar-refractivity contribution >= 4 is 34.4 Å². The van der Waals surface area contributed by atoms with E-state index in [0.29, 0.717) is 0 Å². The molecule has 1 rings (SSSR count). The van der Waals surface area contributed by atoms with Crippen molar-refractivity contribution in [3.05, 3.63) is 29.8 Å². The molecule has 1 nitrogen and oxygen atoms in total. The second-order valence-electron chi connectivity index (χ2n) is 2.28. The Labute approximate surface area is 81.7 Å². The van der Waals surface area contributed by atoms with Crippen LogP contribution in [0.25, 0.3) is 0 Å². The predicted octanol–water partition coefficient (Wildman–Crippen LogP) is 3.12. The first-order chi connectivity index (χ1) is 5.74. The number of nitrogens with one attached hydrogen (secondary N) is 1. The molecular weight excluding hydrogens is 186 g/mol. The van der Waals surface area contributed by atoms with Gasteiger partial charge in [0.1, 0.15) is 0 Å². The van der Waals surface area contributed by atoms with E-state index in [-0.39, 0.29) is 0 Å². The fraction of sp³-hybridized carbons (Fsp3) is 0.111. The number of thioether (sulfide) groups is 1. The number of benzene rings is 1. The fourth-order valence-electron chi connectivity index (χ4n) is 0.848. The summed E-state index contributed by atoms with van der Waals surface area (Å²) in [6.45, 7) is 1.89. The summed E-state index contributed by atoms with van der Waals surface area (Å²) in [5, 5.41) is 7.15. The van der Waals surface area contributed by atoms with Gasteiger partial charge in [0, 0.05) is 20.9 Å². The van der Waals surface area contributed by atoms with Gasteiger partial charge in [-0.25, -0.2) is 0 Å². The molecular formula is C9H9NS2. The molecule has 0 radical (unpaired) electrons. The van der Waals surface area contributed by atoms with Gasteiger partial charge in [-0.15, -0.1) is 0 Å². The van der Waals surface area contributed by atoms with E-state index in [1.807, 2.05) is 31.2 Å². The summed E-state index contributed by atoms with van der Waals surface area (Å²) in [4.78, 5) is 1.06. The van der Waals surface area contributed by atoms with Crippen molar-refractivity contribution in [2.24, 2.45) is 0 Å².